The number of hydrogen-bond acceptors (Lipinski definition) is 4. The number of hydrogen-bond donors (Lipinski definition) is 1. The molecule has 0 radical (unpaired) electrons. The predicted molar refractivity (Wildman–Crippen MR) is 87.5 cm³/mol. The van der Waals surface area contributed by atoms with E-state index in [1.54, 1.807) is 24.3 Å². The Bertz CT molecular complexity index is 1130. The highest BCUT2D eigenvalue weighted by Crippen LogP contribution is 2.31. The van der Waals surface area contributed by atoms with Crippen LogP contribution in [0.5, 0.6) is 0 Å². The van der Waals surface area contributed by atoms with E-state index in [-0.39, 0.29) is 11.3 Å². The fraction of sp³-hybridized carbons (Fsp3) is 0.0556. The number of rotatable bonds is 3. The van der Waals surface area contributed by atoms with Crippen molar-refractivity contribution in [3.8, 4) is 16.9 Å². The summed E-state index contributed by atoms with van der Waals surface area (Å²) in [6.45, 7) is 0. The second kappa shape index (κ2) is 5.55. The standard InChI is InChI=1S/C18H11FN2O4/c19-10-5-7-11(8-6-10)21-18(24)16-14(9-15(22)23)25-13-4-2-1-3-12(13)17(16)20-21/h1-8H,9H2,(H,22,23). The van der Waals surface area contributed by atoms with Gasteiger partial charge in [-0.3, -0.25) is 9.59 Å². The molecule has 0 saturated heterocycles. The summed E-state index contributed by atoms with van der Waals surface area (Å²) < 4.78 is 19.9. The van der Waals surface area contributed by atoms with Crippen LogP contribution in [-0.2, 0) is 11.2 Å². The summed E-state index contributed by atoms with van der Waals surface area (Å²) in [7, 11) is 0. The Morgan fingerprint density at radius 3 is 2.60 bits per heavy atom. The third-order valence-electron chi connectivity index (χ3n) is 3.88. The van der Waals surface area contributed by atoms with Crippen LogP contribution in [0, 0.1) is 5.82 Å². The highest BCUT2D eigenvalue weighted by Gasteiger charge is 2.26. The largest absolute Gasteiger partial charge is 0.481 e. The summed E-state index contributed by atoms with van der Waals surface area (Å²) in [5.41, 5.74) is 0.785. The molecule has 0 aliphatic carbocycles. The van der Waals surface area contributed by atoms with E-state index >= 15 is 0 Å². The van der Waals surface area contributed by atoms with Crippen LogP contribution in [0.3, 0.4) is 0 Å². The van der Waals surface area contributed by atoms with E-state index in [9.17, 15) is 14.0 Å². The van der Waals surface area contributed by atoms with Crippen LogP contribution >= 0.6 is 0 Å². The molecule has 7 heteroatoms. The lowest BCUT2D eigenvalue weighted by Gasteiger charge is -2.06. The lowest BCUT2D eigenvalue weighted by Crippen LogP contribution is -2.16. The van der Waals surface area contributed by atoms with Gasteiger partial charge in [-0.05, 0) is 36.4 Å². The molecule has 0 bridgehead atoms. The van der Waals surface area contributed by atoms with Gasteiger partial charge in [-0.2, -0.15) is 9.78 Å². The van der Waals surface area contributed by atoms with Gasteiger partial charge in [0.1, 0.15) is 34.8 Å². The number of carboxylic acid groups (broad SMARTS) is 1. The molecule has 2 aromatic rings. The molecule has 2 heterocycles. The fourth-order valence-electron chi connectivity index (χ4n) is 2.80. The maximum atomic E-state index is 13.1. The minimum Gasteiger partial charge on any atom is -0.481 e. The number of fused-ring (bicyclic) bond motifs is 3. The van der Waals surface area contributed by atoms with Crippen molar-refractivity contribution in [2.24, 2.45) is 0 Å². The molecule has 4 rings (SSSR count). The Morgan fingerprint density at radius 1 is 1.16 bits per heavy atom. The first-order valence-electron chi connectivity index (χ1n) is 7.46. The van der Waals surface area contributed by atoms with Gasteiger partial charge in [-0.25, -0.2) is 4.39 Å². The number of halogens is 1. The van der Waals surface area contributed by atoms with Gasteiger partial charge in [-0.1, -0.05) is 12.1 Å². The van der Waals surface area contributed by atoms with E-state index in [1.807, 2.05) is 0 Å². The molecular weight excluding hydrogens is 327 g/mol. The van der Waals surface area contributed by atoms with Crippen molar-refractivity contribution in [3.63, 3.8) is 0 Å². The van der Waals surface area contributed by atoms with Gasteiger partial charge in [0.15, 0.2) is 0 Å². The van der Waals surface area contributed by atoms with Crippen molar-refractivity contribution in [3.05, 3.63) is 70.5 Å². The Morgan fingerprint density at radius 2 is 1.88 bits per heavy atom. The third-order valence-corrected chi connectivity index (χ3v) is 3.88. The Balaban J connectivity index is 2.07. The maximum absolute atomic E-state index is 13.1. The van der Waals surface area contributed by atoms with E-state index in [1.165, 1.54) is 24.3 Å². The number of aliphatic carboxylic acids is 1. The van der Waals surface area contributed by atoms with Crippen LogP contribution in [0.1, 0.15) is 5.76 Å². The average molecular weight is 338 g/mol. The fourth-order valence-corrected chi connectivity index (χ4v) is 2.80. The molecule has 0 amide bonds. The van der Waals surface area contributed by atoms with E-state index in [2.05, 4.69) is 5.10 Å². The first kappa shape index (κ1) is 15.1. The Labute approximate surface area is 140 Å². The summed E-state index contributed by atoms with van der Waals surface area (Å²) in [5.74, 6) is -1.51. The summed E-state index contributed by atoms with van der Waals surface area (Å²) in [6, 6.07) is 12.3. The summed E-state index contributed by atoms with van der Waals surface area (Å²) >= 11 is 0. The first-order chi connectivity index (χ1) is 12.0. The van der Waals surface area contributed by atoms with Gasteiger partial charge in [0, 0.05) is 5.39 Å². The van der Waals surface area contributed by atoms with Gasteiger partial charge in [0.05, 0.1) is 5.69 Å². The Hall–Kier alpha value is -3.48. The third kappa shape index (κ3) is 2.46. The minimum absolute atomic E-state index is 0.0413. The minimum atomic E-state index is -1.12. The molecule has 2 aromatic carbocycles. The SMILES string of the molecule is O=C(O)Cc1oc2ccccc2c2nn(-c3ccc(F)cc3)c(=O)c1-2. The van der Waals surface area contributed by atoms with Gasteiger partial charge in [-0.15, -0.1) is 0 Å². The average Bonchev–Trinajstić information content (AvgIpc) is 2.93. The van der Waals surface area contributed by atoms with Crippen molar-refractivity contribution in [2.45, 2.75) is 6.42 Å². The Kier molecular flexibility index (Phi) is 3.35. The number of benzene rings is 2. The monoisotopic (exact) mass is 338 g/mol. The van der Waals surface area contributed by atoms with Crippen LogP contribution in [0.25, 0.3) is 27.9 Å². The first-order valence-corrected chi connectivity index (χ1v) is 7.46. The van der Waals surface area contributed by atoms with E-state index in [4.69, 9.17) is 9.52 Å². The van der Waals surface area contributed by atoms with Crippen molar-refractivity contribution in [1.82, 2.24) is 9.78 Å². The zero-order valence-corrected chi connectivity index (χ0v) is 12.8. The lowest BCUT2D eigenvalue weighted by atomic mass is 10.1. The molecule has 0 saturated carbocycles. The second-order valence-electron chi connectivity index (χ2n) is 5.51. The quantitative estimate of drug-likeness (QED) is 0.621. The molecule has 1 N–H and O–H groups in total. The van der Waals surface area contributed by atoms with Crippen LogP contribution in [0.4, 0.5) is 4.39 Å². The van der Waals surface area contributed by atoms with Crippen LogP contribution in [0.2, 0.25) is 0 Å². The van der Waals surface area contributed by atoms with Gasteiger partial charge >= 0.3 is 5.97 Å². The molecule has 6 nitrogen and oxygen atoms in total. The molecule has 25 heavy (non-hydrogen) atoms. The molecule has 0 aromatic heterocycles. The highest BCUT2D eigenvalue weighted by atomic mass is 19.1. The molecule has 0 fully saturated rings. The number of carbonyl (C=O) groups is 1. The molecule has 2 aliphatic heterocycles. The number of para-hydroxylation sites is 1. The van der Waals surface area contributed by atoms with Crippen LogP contribution < -0.4 is 5.56 Å². The summed E-state index contributed by atoms with van der Waals surface area (Å²) in [4.78, 5) is 24.0. The number of aromatic nitrogens is 2. The molecular formula is C18H11FN2O4. The second-order valence-corrected chi connectivity index (χ2v) is 5.51. The summed E-state index contributed by atoms with van der Waals surface area (Å²) in [6.07, 6.45) is -0.439. The molecule has 0 unspecified atom stereocenters. The normalized spacial score (nSPS) is 11.2. The lowest BCUT2D eigenvalue weighted by molar-refractivity contribution is -0.136. The topological polar surface area (TPSA) is 85.3 Å². The van der Waals surface area contributed by atoms with Crippen molar-refractivity contribution >= 4 is 16.9 Å². The summed E-state index contributed by atoms with van der Waals surface area (Å²) in [5, 5.41) is 14.1. The van der Waals surface area contributed by atoms with Gasteiger partial charge in [0.25, 0.3) is 5.56 Å². The van der Waals surface area contributed by atoms with Crippen LogP contribution in [-0.4, -0.2) is 20.9 Å². The van der Waals surface area contributed by atoms with Crippen molar-refractivity contribution < 1.29 is 18.7 Å². The highest BCUT2D eigenvalue weighted by molar-refractivity contribution is 5.93. The van der Waals surface area contributed by atoms with E-state index in [0.717, 1.165) is 4.68 Å². The zero-order valence-electron chi connectivity index (χ0n) is 12.8. The smallest absolute Gasteiger partial charge is 0.311 e. The maximum Gasteiger partial charge on any atom is 0.311 e. The van der Waals surface area contributed by atoms with E-state index in [0.29, 0.717) is 22.4 Å². The number of nitrogens with zero attached hydrogens (tertiary/aromatic N) is 2. The zero-order chi connectivity index (χ0) is 17.6. The molecule has 124 valence electrons. The number of carboxylic acids is 1. The van der Waals surface area contributed by atoms with Crippen molar-refractivity contribution in [1.29, 1.82) is 0 Å². The molecule has 0 atom stereocenters. The van der Waals surface area contributed by atoms with E-state index < -0.39 is 23.8 Å². The van der Waals surface area contributed by atoms with Gasteiger partial charge < -0.3 is 9.52 Å². The van der Waals surface area contributed by atoms with Crippen molar-refractivity contribution in [2.75, 3.05) is 0 Å². The van der Waals surface area contributed by atoms with Crippen LogP contribution in [0.15, 0.2) is 57.7 Å². The van der Waals surface area contributed by atoms with Gasteiger partial charge in [0.2, 0.25) is 0 Å². The molecule has 2 aliphatic rings. The predicted octanol–water partition coefficient (Wildman–Crippen LogP) is 2.85. The molecule has 0 spiro atoms.